The second-order valence-electron chi connectivity index (χ2n) is 8.87. The van der Waals surface area contributed by atoms with E-state index in [0.29, 0.717) is 19.1 Å². The van der Waals surface area contributed by atoms with Crippen LogP contribution in [0.3, 0.4) is 0 Å². The highest BCUT2D eigenvalue weighted by molar-refractivity contribution is 5.98. The molecule has 33 heavy (non-hydrogen) atoms. The van der Waals surface area contributed by atoms with Gasteiger partial charge in [0.15, 0.2) is 23.2 Å². The molecule has 1 aliphatic rings. The Bertz CT molecular complexity index is 786. The van der Waals surface area contributed by atoms with E-state index in [1.165, 1.54) is 19.4 Å². The molecule has 0 radical (unpaired) electrons. The molecular weight excluding hydrogens is 432 g/mol. The second-order valence-corrected chi connectivity index (χ2v) is 8.87. The fourth-order valence-electron chi connectivity index (χ4n) is 3.20. The van der Waals surface area contributed by atoms with Crippen LogP contribution in [0.15, 0.2) is 12.3 Å². The van der Waals surface area contributed by atoms with Crippen molar-refractivity contribution < 1.29 is 38.4 Å². The molecule has 1 aliphatic heterocycles. The highest BCUT2D eigenvalue weighted by atomic mass is 16.6. The van der Waals surface area contributed by atoms with Gasteiger partial charge in [0.1, 0.15) is 18.3 Å². The van der Waals surface area contributed by atoms with Crippen molar-refractivity contribution in [3.8, 4) is 11.5 Å². The lowest BCUT2D eigenvalue weighted by Crippen LogP contribution is -2.47. The molecule has 1 aromatic rings. The van der Waals surface area contributed by atoms with Crippen molar-refractivity contribution in [1.82, 2.24) is 10.3 Å². The summed E-state index contributed by atoms with van der Waals surface area (Å²) in [6.07, 6.45) is -0.306. The average molecular weight is 469 g/mol. The maximum absolute atomic E-state index is 12.8. The van der Waals surface area contributed by atoms with Crippen LogP contribution in [-0.2, 0) is 23.7 Å². The molecule has 2 rings (SSSR count). The number of nitrogens with one attached hydrogen (secondary N) is 1. The van der Waals surface area contributed by atoms with Crippen LogP contribution in [0.4, 0.5) is 0 Å². The minimum atomic E-state index is -1.11. The van der Waals surface area contributed by atoms with E-state index in [-0.39, 0.29) is 30.6 Å². The molecular formula is C23H36N2O8. The van der Waals surface area contributed by atoms with E-state index in [0.717, 1.165) is 0 Å². The molecule has 1 fully saturated rings. The minimum Gasteiger partial charge on any atom is -0.503 e. The lowest BCUT2D eigenvalue weighted by molar-refractivity contribution is -0.170. The molecule has 1 amide bonds. The number of methoxy groups -OCH3 is 1. The summed E-state index contributed by atoms with van der Waals surface area (Å²) in [5.74, 6) is -1.19. The van der Waals surface area contributed by atoms with Gasteiger partial charge in [0, 0.05) is 25.5 Å². The summed E-state index contributed by atoms with van der Waals surface area (Å²) in [6, 6.07) is 0.307. The third-order valence-corrected chi connectivity index (χ3v) is 4.88. The van der Waals surface area contributed by atoms with Crippen LogP contribution in [0.2, 0.25) is 0 Å². The predicted octanol–water partition coefficient (Wildman–Crippen LogP) is 1.94. The molecule has 186 valence electrons. The van der Waals surface area contributed by atoms with Crippen LogP contribution in [0.25, 0.3) is 0 Å². The normalized spacial score (nSPS) is 24.1. The third kappa shape index (κ3) is 7.83. The van der Waals surface area contributed by atoms with Crippen LogP contribution in [0.1, 0.15) is 45.1 Å². The standard InChI is InChI=1S/C23H36N2O8/c1-13(2)9-31-18-12-30-11-16(23(28)33-15(5)21(18)32-10-14(3)4)25-22(27)19-20(26)17(29-6)7-8-24-19/h7-8,13-16,18,21,26H,9-12H2,1-6H3,(H,25,27). The Morgan fingerprint density at radius 1 is 1.21 bits per heavy atom. The quantitative estimate of drug-likeness (QED) is 0.523. The van der Waals surface area contributed by atoms with E-state index in [2.05, 4.69) is 10.3 Å². The van der Waals surface area contributed by atoms with Crippen molar-refractivity contribution in [3.63, 3.8) is 0 Å². The van der Waals surface area contributed by atoms with E-state index < -0.39 is 42.0 Å². The smallest absolute Gasteiger partial charge is 0.331 e. The van der Waals surface area contributed by atoms with Gasteiger partial charge in [0.25, 0.3) is 5.91 Å². The number of aromatic hydroxyl groups is 1. The van der Waals surface area contributed by atoms with Gasteiger partial charge in [-0.3, -0.25) is 4.79 Å². The number of rotatable bonds is 9. The number of cyclic esters (lactones) is 1. The monoisotopic (exact) mass is 468 g/mol. The molecule has 2 heterocycles. The highest BCUT2D eigenvalue weighted by Crippen LogP contribution is 2.27. The van der Waals surface area contributed by atoms with Gasteiger partial charge in [-0.15, -0.1) is 0 Å². The van der Waals surface area contributed by atoms with Gasteiger partial charge in [-0.25, -0.2) is 9.78 Å². The molecule has 0 aliphatic carbocycles. The number of ether oxygens (including phenoxy) is 5. The molecule has 1 aromatic heterocycles. The summed E-state index contributed by atoms with van der Waals surface area (Å²) in [7, 11) is 1.36. The molecule has 4 unspecified atom stereocenters. The van der Waals surface area contributed by atoms with Crippen molar-refractivity contribution >= 4 is 11.9 Å². The zero-order valence-corrected chi connectivity index (χ0v) is 20.2. The molecule has 2 N–H and O–H groups in total. The zero-order chi connectivity index (χ0) is 24.5. The summed E-state index contributed by atoms with van der Waals surface area (Å²) in [6.45, 7) is 10.8. The Morgan fingerprint density at radius 3 is 2.52 bits per heavy atom. The Hall–Kier alpha value is -2.43. The maximum atomic E-state index is 12.8. The summed E-state index contributed by atoms with van der Waals surface area (Å²) in [5.41, 5.74) is -0.272. The summed E-state index contributed by atoms with van der Waals surface area (Å²) in [4.78, 5) is 29.4. The number of hydrogen-bond acceptors (Lipinski definition) is 9. The molecule has 10 nitrogen and oxygen atoms in total. The van der Waals surface area contributed by atoms with Crippen LogP contribution in [0, 0.1) is 11.8 Å². The second kappa shape index (κ2) is 12.7. The molecule has 0 bridgehead atoms. The van der Waals surface area contributed by atoms with E-state index in [1.807, 2.05) is 27.7 Å². The molecule has 4 atom stereocenters. The first-order valence-corrected chi connectivity index (χ1v) is 11.2. The van der Waals surface area contributed by atoms with Crippen LogP contribution < -0.4 is 10.1 Å². The molecule has 0 spiro atoms. The van der Waals surface area contributed by atoms with E-state index >= 15 is 0 Å². The summed E-state index contributed by atoms with van der Waals surface area (Å²) < 4.78 is 28.5. The number of pyridine rings is 1. The van der Waals surface area contributed by atoms with Crippen LogP contribution in [-0.4, -0.2) is 79.9 Å². The number of carbonyl (C=O) groups excluding carboxylic acids is 2. The number of aromatic nitrogens is 1. The van der Waals surface area contributed by atoms with Gasteiger partial charge < -0.3 is 34.1 Å². The summed E-state index contributed by atoms with van der Waals surface area (Å²) >= 11 is 0. The first kappa shape index (κ1) is 26.8. The first-order valence-electron chi connectivity index (χ1n) is 11.2. The molecule has 0 aromatic carbocycles. The Kier molecular flexibility index (Phi) is 10.3. The summed E-state index contributed by atoms with van der Waals surface area (Å²) in [5, 5.41) is 12.7. The third-order valence-electron chi connectivity index (χ3n) is 4.88. The van der Waals surface area contributed by atoms with E-state index in [9.17, 15) is 14.7 Å². The largest absolute Gasteiger partial charge is 0.503 e. The minimum absolute atomic E-state index is 0.0901. The van der Waals surface area contributed by atoms with Gasteiger partial charge in [0.2, 0.25) is 0 Å². The van der Waals surface area contributed by atoms with Gasteiger partial charge in [0.05, 0.1) is 20.3 Å². The predicted molar refractivity (Wildman–Crippen MR) is 119 cm³/mol. The Morgan fingerprint density at radius 2 is 1.88 bits per heavy atom. The van der Waals surface area contributed by atoms with Crippen molar-refractivity contribution in [2.24, 2.45) is 11.8 Å². The molecule has 0 saturated carbocycles. The first-order chi connectivity index (χ1) is 15.6. The van der Waals surface area contributed by atoms with Gasteiger partial charge in [-0.05, 0) is 18.8 Å². The fourth-order valence-corrected chi connectivity index (χ4v) is 3.20. The van der Waals surface area contributed by atoms with Crippen LogP contribution >= 0.6 is 0 Å². The van der Waals surface area contributed by atoms with Crippen molar-refractivity contribution in [2.75, 3.05) is 33.5 Å². The van der Waals surface area contributed by atoms with Gasteiger partial charge >= 0.3 is 5.97 Å². The van der Waals surface area contributed by atoms with Crippen molar-refractivity contribution in [1.29, 1.82) is 0 Å². The highest BCUT2D eigenvalue weighted by Gasteiger charge is 2.36. The Labute approximate surface area is 194 Å². The van der Waals surface area contributed by atoms with Crippen molar-refractivity contribution in [2.45, 2.75) is 59.0 Å². The topological polar surface area (TPSA) is 125 Å². The SMILES string of the molecule is COc1ccnc(C(=O)NC2COCC(OCC(C)C)C(OCC(C)C)C(C)OC2=O)c1O. The average Bonchev–Trinajstić information content (AvgIpc) is 2.80. The van der Waals surface area contributed by atoms with E-state index in [1.54, 1.807) is 6.92 Å². The number of nitrogens with zero attached hydrogens (tertiary/aromatic N) is 1. The lowest BCUT2D eigenvalue weighted by Gasteiger charge is -2.31. The van der Waals surface area contributed by atoms with Gasteiger partial charge in [-0.1, -0.05) is 27.7 Å². The lowest BCUT2D eigenvalue weighted by atomic mass is 10.1. The number of amides is 1. The Balaban J connectivity index is 2.17. The zero-order valence-electron chi connectivity index (χ0n) is 20.2. The number of hydrogen-bond donors (Lipinski definition) is 2. The number of esters is 1. The molecule has 10 heteroatoms. The van der Waals surface area contributed by atoms with Crippen molar-refractivity contribution in [3.05, 3.63) is 18.0 Å². The van der Waals surface area contributed by atoms with E-state index in [4.69, 9.17) is 23.7 Å². The van der Waals surface area contributed by atoms with Crippen LogP contribution in [0.5, 0.6) is 11.5 Å². The van der Waals surface area contributed by atoms with Gasteiger partial charge in [-0.2, -0.15) is 0 Å². The molecule has 1 saturated heterocycles. The number of carbonyl (C=O) groups is 2. The fraction of sp³-hybridized carbons (Fsp3) is 0.696. The maximum Gasteiger partial charge on any atom is 0.331 e.